The summed E-state index contributed by atoms with van der Waals surface area (Å²) in [4.78, 5) is 6.73. The molecule has 23 heavy (non-hydrogen) atoms. The highest BCUT2D eigenvalue weighted by atomic mass is 127. The van der Waals surface area contributed by atoms with Crippen molar-refractivity contribution in [3.8, 4) is 0 Å². The second kappa shape index (κ2) is 11.6. The zero-order chi connectivity index (χ0) is 15.6. The number of nitrogens with zero attached hydrogens (tertiary/aromatic N) is 2. The number of ether oxygens (including phenoxy) is 1. The fraction of sp³-hybridized carbons (Fsp3) is 0.588. The lowest BCUT2D eigenvalue weighted by Gasteiger charge is -2.28. The lowest BCUT2D eigenvalue weighted by Crippen LogP contribution is -2.43. The molecular formula is C17H29IN4O. The molecule has 0 bridgehead atoms. The van der Waals surface area contributed by atoms with Crippen molar-refractivity contribution in [2.45, 2.75) is 19.4 Å². The molecule has 0 radical (unpaired) electrons. The van der Waals surface area contributed by atoms with Gasteiger partial charge in [-0.15, -0.1) is 24.0 Å². The molecule has 1 aromatic carbocycles. The molecule has 1 heterocycles. The van der Waals surface area contributed by atoms with E-state index < -0.39 is 0 Å². The maximum absolute atomic E-state index is 5.04. The van der Waals surface area contributed by atoms with Crippen LogP contribution >= 0.6 is 24.0 Å². The highest BCUT2D eigenvalue weighted by molar-refractivity contribution is 14.0. The second-order valence-corrected chi connectivity index (χ2v) is 5.57. The quantitative estimate of drug-likeness (QED) is 0.299. The number of hydrogen-bond acceptors (Lipinski definition) is 3. The van der Waals surface area contributed by atoms with E-state index in [4.69, 9.17) is 4.74 Å². The molecule has 0 atom stereocenters. The molecule has 0 unspecified atom stereocenters. The topological polar surface area (TPSA) is 48.9 Å². The van der Waals surface area contributed by atoms with Crippen LogP contribution in [0.25, 0.3) is 0 Å². The standard InChI is InChI=1S/C17H28N4O.HI/c1-18-17(19-9-5-13-22-2)20-10-12-21-11-8-15-6-3-4-7-16(15)14-21;/h3-4,6-7H,5,8-14H2,1-2H3,(H2,18,19,20);1H. The number of nitrogens with one attached hydrogen (secondary N) is 2. The lowest BCUT2D eigenvalue weighted by atomic mass is 10.00. The van der Waals surface area contributed by atoms with E-state index in [1.807, 2.05) is 7.05 Å². The second-order valence-electron chi connectivity index (χ2n) is 5.57. The fourth-order valence-corrected chi connectivity index (χ4v) is 2.72. The first-order chi connectivity index (χ1) is 10.8. The minimum absolute atomic E-state index is 0. The van der Waals surface area contributed by atoms with Crippen LogP contribution in [0.5, 0.6) is 0 Å². The first-order valence-corrected chi connectivity index (χ1v) is 8.06. The molecule has 2 N–H and O–H groups in total. The molecule has 0 aliphatic carbocycles. The van der Waals surface area contributed by atoms with E-state index in [1.165, 1.54) is 11.1 Å². The van der Waals surface area contributed by atoms with Gasteiger partial charge in [-0.25, -0.2) is 0 Å². The largest absolute Gasteiger partial charge is 0.385 e. The first kappa shape index (κ1) is 20.2. The van der Waals surface area contributed by atoms with Crippen LogP contribution in [0.15, 0.2) is 29.3 Å². The average molecular weight is 432 g/mol. The van der Waals surface area contributed by atoms with Gasteiger partial charge in [0, 0.05) is 53.5 Å². The molecule has 0 amide bonds. The highest BCUT2D eigenvalue weighted by Crippen LogP contribution is 2.17. The van der Waals surface area contributed by atoms with Gasteiger partial charge in [-0.3, -0.25) is 9.89 Å². The van der Waals surface area contributed by atoms with Crippen molar-refractivity contribution in [3.05, 3.63) is 35.4 Å². The van der Waals surface area contributed by atoms with Gasteiger partial charge in [0.1, 0.15) is 0 Å². The summed E-state index contributed by atoms with van der Waals surface area (Å²) >= 11 is 0. The van der Waals surface area contributed by atoms with Crippen LogP contribution in [0.2, 0.25) is 0 Å². The minimum atomic E-state index is 0. The number of benzene rings is 1. The van der Waals surface area contributed by atoms with Crippen molar-refractivity contribution in [1.82, 2.24) is 15.5 Å². The molecule has 1 aromatic rings. The summed E-state index contributed by atoms with van der Waals surface area (Å²) in [6, 6.07) is 8.75. The molecule has 2 rings (SSSR count). The summed E-state index contributed by atoms with van der Waals surface area (Å²) in [6.07, 6.45) is 2.14. The Bertz CT molecular complexity index is 481. The van der Waals surface area contributed by atoms with Crippen molar-refractivity contribution >= 4 is 29.9 Å². The van der Waals surface area contributed by atoms with Gasteiger partial charge in [-0.1, -0.05) is 24.3 Å². The van der Waals surface area contributed by atoms with E-state index >= 15 is 0 Å². The third-order valence-corrected chi connectivity index (χ3v) is 3.97. The van der Waals surface area contributed by atoms with Crippen molar-refractivity contribution in [1.29, 1.82) is 0 Å². The van der Waals surface area contributed by atoms with Crippen LogP contribution in [0.1, 0.15) is 17.5 Å². The number of guanidine groups is 1. The predicted molar refractivity (Wildman–Crippen MR) is 107 cm³/mol. The van der Waals surface area contributed by atoms with Crippen molar-refractivity contribution in [2.75, 3.05) is 46.9 Å². The van der Waals surface area contributed by atoms with Crippen molar-refractivity contribution in [3.63, 3.8) is 0 Å². The molecule has 0 saturated heterocycles. The Balaban J connectivity index is 0.00000264. The van der Waals surface area contributed by atoms with Crippen LogP contribution in [0.3, 0.4) is 0 Å². The number of hydrogen-bond donors (Lipinski definition) is 2. The lowest BCUT2D eigenvalue weighted by molar-refractivity contribution is 0.195. The average Bonchev–Trinajstić information content (AvgIpc) is 2.57. The molecule has 5 nitrogen and oxygen atoms in total. The van der Waals surface area contributed by atoms with E-state index in [1.54, 1.807) is 7.11 Å². The third kappa shape index (κ3) is 7.05. The third-order valence-electron chi connectivity index (χ3n) is 3.97. The molecular weight excluding hydrogens is 403 g/mol. The summed E-state index contributed by atoms with van der Waals surface area (Å²) in [5, 5.41) is 6.67. The van der Waals surface area contributed by atoms with Crippen LogP contribution in [-0.4, -0.2) is 57.8 Å². The van der Waals surface area contributed by atoms with Gasteiger partial charge in [0.25, 0.3) is 0 Å². The van der Waals surface area contributed by atoms with Gasteiger partial charge in [0.05, 0.1) is 0 Å². The SMILES string of the molecule is CN=C(NCCCOC)NCCN1CCc2ccccc2C1.I. The Hall–Kier alpha value is -0.860. The van der Waals surface area contributed by atoms with Crippen LogP contribution in [0, 0.1) is 0 Å². The number of halogens is 1. The number of aliphatic imine (C=N–C) groups is 1. The maximum atomic E-state index is 5.04. The zero-order valence-electron chi connectivity index (χ0n) is 14.2. The normalized spacial score (nSPS) is 14.8. The number of fused-ring (bicyclic) bond motifs is 1. The summed E-state index contributed by atoms with van der Waals surface area (Å²) in [6.45, 7) is 5.79. The molecule has 0 saturated carbocycles. The number of rotatable bonds is 7. The van der Waals surface area contributed by atoms with Gasteiger partial charge in [-0.2, -0.15) is 0 Å². The first-order valence-electron chi connectivity index (χ1n) is 8.06. The highest BCUT2D eigenvalue weighted by Gasteiger charge is 2.14. The molecule has 0 spiro atoms. The Kier molecular flexibility index (Phi) is 10.2. The van der Waals surface area contributed by atoms with E-state index in [0.717, 1.165) is 58.1 Å². The smallest absolute Gasteiger partial charge is 0.191 e. The maximum Gasteiger partial charge on any atom is 0.191 e. The molecule has 1 aliphatic heterocycles. The Morgan fingerprint density at radius 2 is 1.96 bits per heavy atom. The fourth-order valence-electron chi connectivity index (χ4n) is 2.72. The Labute approximate surface area is 156 Å². The minimum Gasteiger partial charge on any atom is -0.385 e. The molecule has 6 heteroatoms. The van der Waals surface area contributed by atoms with Crippen LogP contribution in [-0.2, 0) is 17.7 Å². The van der Waals surface area contributed by atoms with Crippen molar-refractivity contribution in [2.24, 2.45) is 4.99 Å². The van der Waals surface area contributed by atoms with Gasteiger partial charge in [0.2, 0.25) is 0 Å². The zero-order valence-corrected chi connectivity index (χ0v) is 16.5. The number of methoxy groups -OCH3 is 1. The molecule has 0 fully saturated rings. The van der Waals surface area contributed by atoms with Crippen LogP contribution in [0.4, 0.5) is 0 Å². The van der Waals surface area contributed by atoms with Gasteiger partial charge in [0.15, 0.2) is 5.96 Å². The van der Waals surface area contributed by atoms with E-state index in [9.17, 15) is 0 Å². The van der Waals surface area contributed by atoms with E-state index in [0.29, 0.717) is 0 Å². The van der Waals surface area contributed by atoms with E-state index in [-0.39, 0.29) is 24.0 Å². The monoisotopic (exact) mass is 432 g/mol. The molecule has 1 aliphatic rings. The Morgan fingerprint density at radius 3 is 2.70 bits per heavy atom. The van der Waals surface area contributed by atoms with Gasteiger partial charge < -0.3 is 15.4 Å². The predicted octanol–water partition coefficient (Wildman–Crippen LogP) is 1.86. The van der Waals surface area contributed by atoms with Gasteiger partial charge in [-0.05, 0) is 24.0 Å². The van der Waals surface area contributed by atoms with E-state index in [2.05, 4.69) is 44.8 Å². The summed E-state index contributed by atoms with van der Waals surface area (Å²) in [5.74, 6) is 0.869. The molecule has 0 aromatic heterocycles. The van der Waals surface area contributed by atoms with Crippen LogP contribution < -0.4 is 10.6 Å². The Morgan fingerprint density at radius 1 is 1.22 bits per heavy atom. The molecule has 130 valence electrons. The summed E-state index contributed by atoms with van der Waals surface area (Å²) < 4.78 is 5.04. The summed E-state index contributed by atoms with van der Waals surface area (Å²) in [7, 11) is 3.53. The van der Waals surface area contributed by atoms with Crippen molar-refractivity contribution < 1.29 is 4.74 Å². The van der Waals surface area contributed by atoms with Gasteiger partial charge >= 0.3 is 0 Å². The summed E-state index contributed by atoms with van der Waals surface area (Å²) in [5.41, 5.74) is 2.97.